The highest BCUT2D eigenvalue weighted by Gasteiger charge is 2.11. The number of ether oxygens (including phenoxy) is 1. The smallest absolute Gasteiger partial charge is 0.135 e. The summed E-state index contributed by atoms with van der Waals surface area (Å²) in [5, 5.41) is 3.29. The van der Waals surface area contributed by atoms with Gasteiger partial charge in [0.15, 0.2) is 0 Å². The van der Waals surface area contributed by atoms with Gasteiger partial charge in [0.05, 0.1) is 6.61 Å². The molecule has 0 heterocycles. The van der Waals surface area contributed by atoms with E-state index in [2.05, 4.69) is 10.0 Å². The highest BCUT2D eigenvalue weighted by atomic mass is 16.5. The van der Waals surface area contributed by atoms with Gasteiger partial charge in [-0.3, -0.25) is 4.79 Å². The SMILES string of the molecule is COCC(CN=[N+]=[N-])C(C)=O. The molecular formula is C6H11N3O2. The Morgan fingerprint density at radius 1 is 1.82 bits per heavy atom. The van der Waals surface area contributed by atoms with Crippen LogP contribution in [-0.2, 0) is 9.53 Å². The average molecular weight is 157 g/mol. The van der Waals surface area contributed by atoms with Crippen LogP contribution in [0.5, 0.6) is 0 Å². The summed E-state index contributed by atoms with van der Waals surface area (Å²) in [6.45, 7) is 1.95. The Hall–Kier alpha value is -1.06. The monoisotopic (exact) mass is 157 g/mol. The van der Waals surface area contributed by atoms with Crippen LogP contribution in [0.1, 0.15) is 6.92 Å². The molecule has 0 aromatic carbocycles. The Kier molecular flexibility index (Phi) is 5.15. The second kappa shape index (κ2) is 5.70. The summed E-state index contributed by atoms with van der Waals surface area (Å²) in [5.41, 5.74) is 7.97. The second-order valence-electron chi connectivity index (χ2n) is 2.18. The van der Waals surface area contributed by atoms with E-state index in [1.165, 1.54) is 14.0 Å². The van der Waals surface area contributed by atoms with Gasteiger partial charge in [-0.2, -0.15) is 0 Å². The zero-order valence-corrected chi connectivity index (χ0v) is 6.65. The van der Waals surface area contributed by atoms with Crippen LogP contribution in [-0.4, -0.2) is 26.0 Å². The molecule has 0 saturated carbocycles. The zero-order valence-electron chi connectivity index (χ0n) is 6.65. The van der Waals surface area contributed by atoms with E-state index in [-0.39, 0.29) is 18.2 Å². The normalized spacial score (nSPS) is 11.8. The van der Waals surface area contributed by atoms with Crippen LogP contribution in [0.25, 0.3) is 10.4 Å². The van der Waals surface area contributed by atoms with E-state index < -0.39 is 0 Å². The lowest BCUT2D eigenvalue weighted by atomic mass is 10.1. The van der Waals surface area contributed by atoms with Crippen molar-refractivity contribution in [1.29, 1.82) is 0 Å². The van der Waals surface area contributed by atoms with Crippen molar-refractivity contribution in [1.82, 2.24) is 0 Å². The van der Waals surface area contributed by atoms with E-state index in [1.807, 2.05) is 0 Å². The van der Waals surface area contributed by atoms with Gasteiger partial charge in [-0.1, -0.05) is 5.11 Å². The van der Waals surface area contributed by atoms with Crippen LogP contribution in [0, 0.1) is 5.92 Å². The number of azide groups is 1. The maximum atomic E-state index is 10.8. The molecule has 0 saturated heterocycles. The fraction of sp³-hybridized carbons (Fsp3) is 0.833. The molecule has 0 bridgehead atoms. The van der Waals surface area contributed by atoms with E-state index in [0.29, 0.717) is 6.61 Å². The number of hydrogen-bond donors (Lipinski definition) is 0. The number of carbonyl (C=O) groups is 1. The van der Waals surface area contributed by atoms with Crippen molar-refractivity contribution >= 4 is 5.78 Å². The van der Waals surface area contributed by atoms with Crippen molar-refractivity contribution in [2.75, 3.05) is 20.3 Å². The number of ketones is 1. The molecular weight excluding hydrogens is 146 g/mol. The molecule has 5 heteroatoms. The Morgan fingerprint density at radius 2 is 2.45 bits per heavy atom. The van der Waals surface area contributed by atoms with Crippen LogP contribution in [0.3, 0.4) is 0 Å². The number of nitrogens with zero attached hydrogens (tertiary/aromatic N) is 3. The molecule has 0 N–H and O–H groups in total. The van der Waals surface area contributed by atoms with Crippen molar-refractivity contribution < 1.29 is 9.53 Å². The van der Waals surface area contributed by atoms with Crippen molar-refractivity contribution in [2.45, 2.75) is 6.92 Å². The third-order valence-corrected chi connectivity index (χ3v) is 1.31. The van der Waals surface area contributed by atoms with Crippen LogP contribution < -0.4 is 0 Å². The zero-order chi connectivity index (χ0) is 8.69. The van der Waals surface area contributed by atoms with Crippen LogP contribution in [0.2, 0.25) is 0 Å². The standard InChI is InChI=1S/C6H11N3O2/c1-5(10)6(4-11-2)3-8-9-7/h6H,3-4H2,1-2H3. The van der Waals surface area contributed by atoms with Gasteiger partial charge in [0.25, 0.3) is 0 Å². The van der Waals surface area contributed by atoms with Gasteiger partial charge in [-0.05, 0) is 12.5 Å². The van der Waals surface area contributed by atoms with Gasteiger partial charge in [0.2, 0.25) is 0 Å². The summed E-state index contributed by atoms with van der Waals surface area (Å²) in [7, 11) is 1.51. The molecule has 0 aromatic heterocycles. The highest BCUT2D eigenvalue weighted by molar-refractivity contribution is 5.78. The predicted octanol–water partition coefficient (Wildman–Crippen LogP) is 1.15. The molecule has 0 spiro atoms. The average Bonchev–Trinajstić information content (AvgIpc) is 1.97. The number of carbonyl (C=O) groups excluding carboxylic acids is 1. The van der Waals surface area contributed by atoms with E-state index in [0.717, 1.165) is 0 Å². The summed E-state index contributed by atoms with van der Waals surface area (Å²) in [4.78, 5) is 13.3. The molecule has 0 rings (SSSR count). The third-order valence-electron chi connectivity index (χ3n) is 1.31. The fourth-order valence-electron chi connectivity index (χ4n) is 0.635. The van der Waals surface area contributed by atoms with Crippen LogP contribution >= 0.6 is 0 Å². The van der Waals surface area contributed by atoms with Crippen LogP contribution in [0.15, 0.2) is 5.11 Å². The lowest BCUT2D eigenvalue weighted by molar-refractivity contribution is -0.121. The first-order valence-corrected chi connectivity index (χ1v) is 3.22. The lowest BCUT2D eigenvalue weighted by Crippen LogP contribution is -2.19. The Bertz CT molecular complexity index is 175. The predicted molar refractivity (Wildman–Crippen MR) is 40.1 cm³/mol. The van der Waals surface area contributed by atoms with Crippen molar-refractivity contribution in [3.8, 4) is 0 Å². The number of rotatable bonds is 5. The summed E-state index contributed by atoms with van der Waals surface area (Å²) in [6.07, 6.45) is 0. The minimum absolute atomic E-state index is 0.0146. The lowest BCUT2D eigenvalue weighted by Gasteiger charge is -2.07. The maximum absolute atomic E-state index is 10.8. The summed E-state index contributed by atoms with van der Waals surface area (Å²) in [6, 6.07) is 0. The molecule has 0 radical (unpaired) electrons. The summed E-state index contributed by atoms with van der Waals surface area (Å²) in [5.74, 6) is -0.310. The Balaban J connectivity index is 3.88. The van der Waals surface area contributed by atoms with Gasteiger partial charge in [-0.25, -0.2) is 0 Å². The van der Waals surface area contributed by atoms with E-state index >= 15 is 0 Å². The van der Waals surface area contributed by atoms with Gasteiger partial charge in [0.1, 0.15) is 5.78 Å². The topological polar surface area (TPSA) is 75.1 Å². The van der Waals surface area contributed by atoms with E-state index in [1.54, 1.807) is 0 Å². The van der Waals surface area contributed by atoms with Gasteiger partial charge in [-0.15, -0.1) is 0 Å². The molecule has 5 nitrogen and oxygen atoms in total. The maximum Gasteiger partial charge on any atom is 0.135 e. The Morgan fingerprint density at radius 3 is 2.82 bits per heavy atom. The van der Waals surface area contributed by atoms with E-state index in [9.17, 15) is 4.79 Å². The fourth-order valence-corrected chi connectivity index (χ4v) is 0.635. The summed E-state index contributed by atoms with van der Waals surface area (Å²) < 4.78 is 4.76. The molecule has 0 fully saturated rings. The molecule has 0 aliphatic heterocycles. The molecule has 11 heavy (non-hydrogen) atoms. The van der Waals surface area contributed by atoms with Gasteiger partial charge < -0.3 is 4.74 Å². The van der Waals surface area contributed by atoms with Crippen molar-refractivity contribution in [3.05, 3.63) is 10.4 Å². The van der Waals surface area contributed by atoms with Crippen LogP contribution in [0.4, 0.5) is 0 Å². The summed E-state index contributed by atoms with van der Waals surface area (Å²) >= 11 is 0. The van der Waals surface area contributed by atoms with Gasteiger partial charge in [0, 0.05) is 24.5 Å². The van der Waals surface area contributed by atoms with Gasteiger partial charge >= 0.3 is 0 Å². The molecule has 0 aromatic rings. The molecule has 0 aliphatic carbocycles. The highest BCUT2D eigenvalue weighted by Crippen LogP contribution is 1.99. The Labute approximate surface area is 65.0 Å². The molecule has 1 atom stereocenters. The number of Topliss-reactive ketones (excluding diaryl/α,β-unsaturated/α-hetero) is 1. The largest absolute Gasteiger partial charge is 0.384 e. The molecule has 0 aliphatic rings. The minimum atomic E-state index is -0.295. The number of methoxy groups -OCH3 is 1. The minimum Gasteiger partial charge on any atom is -0.384 e. The first kappa shape index (κ1) is 9.94. The molecule has 62 valence electrons. The second-order valence-corrected chi connectivity index (χ2v) is 2.18. The quantitative estimate of drug-likeness (QED) is 0.341. The van der Waals surface area contributed by atoms with Crippen molar-refractivity contribution in [2.24, 2.45) is 11.0 Å². The van der Waals surface area contributed by atoms with E-state index in [4.69, 9.17) is 10.3 Å². The molecule has 1 unspecified atom stereocenters. The molecule has 0 amide bonds. The first-order chi connectivity index (χ1) is 5.22. The van der Waals surface area contributed by atoms with Crippen molar-refractivity contribution in [3.63, 3.8) is 0 Å². The third kappa shape index (κ3) is 4.36. The first-order valence-electron chi connectivity index (χ1n) is 3.22. The number of hydrogen-bond acceptors (Lipinski definition) is 3.